The first-order valence-corrected chi connectivity index (χ1v) is 4.74. The maximum Gasteiger partial charge on any atom is 0.0650 e. The first-order valence-electron chi connectivity index (χ1n) is 4.74. The second-order valence-corrected chi connectivity index (χ2v) is 3.08. The van der Waals surface area contributed by atoms with Crippen molar-refractivity contribution in [1.82, 2.24) is 10.2 Å². The van der Waals surface area contributed by atoms with Crippen LogP contribution in [0, 0.1) is 0 Å². The van der Waals surface area contributed by atoms with Crippen molar-refractivity contribution in [3.05, 3.63) is 36.5 Å². The highest BCUT2D eigenvalue weighted by Crippen LogP contribution is 2.19. The second-order valence-electron chi connectivity index (χ2n) is 3.08. The Morgan fingerprint density at radius 2 is 2.29 bits per heavy atom. The van der Waals surface area contributed by atoms with Gasteiger partial charge in [0, 0.05) is 24.0 Å². The summed E-state index contributed by atoms with van der Waals surface area (Å²) in [7, 11) is 0. The summed E-state index contributed by atoms with van der Waals surface area (Å²) >= 11 is 0. The third kappa shape index (κ3) is 1.76. The maximum atomic E-state index is 3.93. The quantitative estimate of drug-likeness (QED) is 0.775. The molecule has 2 N–H and O–H groups in total. The molecule has 0 aliphatic carbocycles. The van der Waals surface area contributed by atoms with Crippen LogP contribution in [0.25, 0.3) is 11.3 Å². The average Bonchev–Trinajstić information content (AvgIpc) is 2.71. The van der Waals surface area contributed by atoms with Crippen LogP contribution in [0.4, 0.5) is 5.69 Å². The van der Waals surface area contributed by atoms with Crippen LogP contribution >= 0.6 is 0 Å². The van der Waals surface area contributed by atoms with Crippen LogP contribution in [0.15, 0.2) is 36.5 Å². The van der Waals surface area contributed by atoms with Crippen molar-refractivity contribution < 1.29 is 0 Å². The number of rotatable bonds is 3. The van der Waals surface area contributed by atoms with Crippen molar-refractivity contribution in [1.29, 1.82) is 0 Å². The summed E-state index contributed by atoms with van der Waals surface area (Å²) < 4.78 is 0. The zero-order chi connectivity index (χ0) is 9.80. The van der Waals surface area contributed by atoms with Crippen LogP contribution in [0.3, 0.4) is 0 Å². The van der Waals surface area contributed by atoms with Gasteiger partial charge in [0.15, 0.2) is 0 Å². The topological polar surface area (TPSA) is 40.7 Å². The van der Waals surface area contributed by atoms with Gasteiger partial charge in [0.25, 0.3) is 0 Å². The Morgan fingerprint density at radius 3 is 3.00 bits per heavy atom. The molecule has 72 valence electrons. The van der Waals surface area contributed by atoms with E-state index in [4.69, 9.17) is 0 Å². The number of hydrogen-bond acceptors (Lipinski definition) is 2. The Balaban J connectivity index is 2.31. The molecule has 0 saturated heterocycles. The van der Waals surface area contributed by atoms with E-state index in [0.717, 1.165) is 23.5 Å². The molecule has 0 bridgehead atoms. The molecule has 0 aliphatic rings. The Kier molecular flexibility index (Phi) is 2.49. The van der Waals surface area contributed by atoms with E-state index < -0.39 is 0 Å². The van der Waals surface area contributed by atoms with Crippen LogP contribution < -0.4 is 5.32 Å². The Morgan fingerprint density at radius 1 is 1.36 bits per heavy atom. The van der Waals surface area contributed by atoms with Crippen LogP contribution in [-0.2, 0) is 0 Å². The van der Waals surface area contributed by atoms with Crippen molar-refractivity contribution in [3.8, 4) is 11.3 Å². The van der Waals surface area contributed by atoms with Crippen molar-refractivity contribution in [2.45, 2.75) is 6.92 Å². The van der Waals surface area contributed by atoms with Crippen molar-refractivity contribution >= 4 is 5.69 Å². The molecular weight excluding hydrogens is 174 g/mol. The molecule has 14 heavy (non-hydrogen) atoms. The number of anilines is 1. The number of aromatic amines is 1. The lowest BCUT2D eigenvalue weighted by molar-refractivity contribution is 1.09. The lowest BCUT2D eigenvalue weighted by atomic mass is 10.1. The van der Waals surface area contributed by atoms with E-state index in [2.05, 4.69) is 40.6 Å². The van der Waals surface area contributed by atoms with E-state index >= 15 is 0 Å². The van der Waals surface area contributed by atoms with E-state index in [1.54, 1.807) is 6.20 Å². The van der Waals surface area contributed by atoms with E-state index in [9.17, 15) is 0 Å². The molecule has 0 amide bonds. The number of benzene rings is 1. The Labute approximate surface area is 83.2 Å². The number of nitrogens with one attached hydrogen (secondary N) is 2. The summed E-state index contributed by atoms with van der Waals surface area (Å²) in [5.74, 6) is 0. The first kappa shape index (κ1) is 8.81. The molecule has 3 heteroatoms. The minimum atomic E-state index is 0.937. The van der Waals surface area contributed by atoms with Gasteiger partial charge >= 0.3 is 0 Å². The van der Waals surface area contributed by atoms with Gasteiger partial charge in [-0.15, -0.1) is 0 Å². The van der Waals surface area contributed by atoms with Gasteiger partial charge in [0.05, 0.1) is 5.69 Å². The van der Waals surface area contributed by atoms with Crippen LogP contribution in [0.5, 0.6) is 0 Å². The summed E-state index contributed by atoms with van der Waals surface area (Å²) in [4.78, 5) is 0. The first-order chi connectivity index (χ1) is 6.90. The van der Waals surface area contributed by atoms with Crippen molar-refractivity contribution in [2.75, 3.05) is 11.9 Å². The predicted octanol–water partition coefficient (Wildman–Crippen LogP) is 2.51. The molecule has 1 aromatic heterocycles. The number of nitrogens with zero attached hydrogens (tertiary/aromatic N) is 1. The molecule has 0 saturated carbocycles. The molecule has 0 aliphatic heterocycles. The smallest absolute Gasteiger partial charge is 0.0650 e. The van der Waals surface area contributed by atoms with Gasteiger partial charge in [-0.05, 0) is 25.1 Å². The molecule has 0 unspecified atom stereocenters. The van der Waals surface area contributed by atoms with Crippen LogP contribution in [0.2, 0.25) is 0 Å². The highest BCUT2D eigenvalue weighted by molar-refractivity contribution is 5.64. The Hall–Kier alpha value is -1.77. The van der Waals surface area contributed by atoms with E-state index in [0.29, 0.717) is 0 Å². The fourth-order valence-corrected chi connectivity index (χ4v) is 1.42. The Bertz CT molecular complexity index is 393. The third-order valence-electron chi connectivity index (χ3n) is 2.06. The lowest BCUT2D eigenvalue weighted by Crippen LogP contribution is -1.95. The second kappa shape index (κ2) is 3.96. The molecule has 1 heterocycles. The fraction of sp³-hybridized carbons (Fsp3) is 0.182. The number of aromatic nitrogens is 2. The van der Waals surface area contributed by atoms with Gasteiger partial charge in [-0.1, -0.05) is 12.1 Å². The zero-order valence-corrected chi connectivity index (χ0v) is 8.12. The summed E-state index contributed by atoms with van der Waals surface area (Å²) in [6, 6.07) is 10.2. The molecule has 2 rings (SSSR count). The molecule has 0 spiro atoms. The van der Waals surface area contributed by atoms with Crippen LogP contribution in [0.1, 0.15) is 6.92 Å². The minimum absolute atomic E-state index is 0.937. The van der Waals surface area contributed by atoms with Crippen molar-refractivity contribution in [3.63, 3.8) is 0 Å². The summed E-state index contributed by atoms with van der Waals surface area (Å²) in [6.45, 7) is 3.02. The van der Waals surface area contributed by atoms with Gasteiger partial charge in [-0.2, -0.15) is 5.10 Å². The van der Waals surface area contributed by atoms with Crippen LogP contribution in [-0.4, -0.2) is 16.7 Å². The van der Waals surface area contributed by atoms with Crippen molar-refractivity contribution in [2.24, 2.45) is 0 Å². The van der Waals surface area contributed by atoms with Gasteiger partial charge in [-0.25, -0.2) is 0 Å². The zero-order valence-electron chi connectivity index (χ0n) is 8.12. The molecule has 1 aromatic carbocycles. The monoisotopic (exact) mass is 187 g/mol. The molecule has 3 nitrogen and oxygen atoms in total. The summed E-state index contributed by atoms with van der Waals surface area (Å²) in [5.41, 5.74) is 3.34. The largest absolute Gasteiger partial charge is 0.385 e. The van der Waals surface area contributed by atoms with Gasteiger partial charge in [0.1, 0.15) is 0 Å². The fourth-order valence-electron chi connectivity index (χ4n) is 1.42. The standard InChI is InChI=1S/C11H13N3/c1-2-12-10-5-3-4-9(8-10)11-6-7-13-14-11/h3-8,12H,2H2,1H3,(H,13,14). The highest BCUT2D eigenvalue weighted by atomic mass is 15.1. The summed E-state index contributed by atoms with van der Waals surface area (Å²) in [6.07, 6.45) is 1.76. The van der Waals surface area contributed by atoms with E-state index in [-0.39, 0.29) is 0 Å². The van der Waals surface area contributed by atoms with E-state index in [1.165, 1.54) is 0 Å². The normalized spacial score (nSPS) is 10.1. The maximum absolute atomic E-state index is 3.93. The molecular formula is C11H13N3. The SMILES string of the molecule is CCNc1cccc(-c2ccn[nH]2)c1. The summed E-state index contributed by atoms with van der Waals surface area (Å²) in [5, 5.41) is 10.1. The third-order valence-corrected chi connectivity index (χ3v) is 2.06. The molecule has 2 aromatic rings. The van der Waals surface area contributed by atoms with Gasteiger partial charge in [0.2, 0.25) is 0 Å². The average molecular weight is 187 g/mol. The molecule has 0 fully saturated rings. The lowest BCUT2D eigenvalue weighted by Gasteiger charge is -2.04. The highest BCUT2D eigenvalue weighted by Gasteiger charge is 1.98. The minimum Gasteiger partial charge on any atom is -0.385 e. The predicted molar refractivity (Wildman–Crippen MR) is 58.2 cm³/mol. The molecule has 0 atom stereocenters. The number of hydrogen-bond donors (Lipinski definition) is 2. The van der Waals surface area contributed by atoms with Gasteiger partial charge < -0.3 is 5.32 Å². The molecule has 0 radical (unpaired) electrons. The van der Waals surface area contributed by atoms with Gasteiger partial charge in [-0.3, -0.25) is 5.10 Å². The number of H-pyrrole nitrogens is 1. The van der Waals surface area contributed by atoms with E-state index in [1.807, 2.05) is 12.1 Å².